The molecule has 1 aromatic carbocycles. The van der Waals surface area contributed by atoms with Gasteiger partial charge < -0.3 is 14.6 Å². The molecule has 2 rings (SSSR count). The molecule has 1 heterocycles. The molecule has 0 radical (unpaired) electrons. The summed E-state index contributed by atoms with van der Waals surface area (Å²) in [5.74, 6) is 0. The van der Waals surface area contributed by atoms with Crippen LogP contribution in [0.3, 0.4) is 0 Å². The third kappa shape index (κ3) is 3.81. The summed E-state index contributed by atoms with van der Waals surface area (Å²) in [6.45, 7) is 3.51. The minimum Gasteiger partial charge on any atom is -0.390 e. The number of ether oxygens (including phenoxy) is 2. The summed E-state index contributed by atoms with van der Waals surface area (Å²) < 4.78 is 40.1. The quantitative estimate of drug-likeness (QED) is 0.841. The van der Waals surface area contributed by atoms with Crippen LogP contribution in [0.5, 0.6) is 0 Å². The van der Waals surface area contributed by atoms with Crippen molar-refractivity contribution in [1.82, 2.24) is 0 Å². The van der Waals surface area contributed by atoms with Gasteiger partial charge in [0.25, 0.3) is 10.1 Å². The predicted octanol–water partition coefficient (Wildman–Crippen LogP) is 1.21. The second-order valence-electron chi connectivity index (χ2n) is 5.14. The van der Waals surface area contributed by atoms with Crippen molar-refractivity contribution >= 4 is 10.1 Å². The van der Waals surface area contributed by atoms with Crippen molar-refractivity contribution in [2.75, 3.05) is 7.11 Å². The van der Waals surface area contributed by atoms with Gasteiger partial charge in [0.2, 0.25) is 0 Å². The van der Waals surface area contributed by atoms with E-state index >= 15 is 0 Å². The molecule has 1 saturated heterocycles. The second-order valence-corrected chi connectivity index (χ2v) is 6.71. The lowest BCUT2D eigenvalue weighted by atomic mass is 10.0. The summed E-state index contributed by atoms with van der Waals surface area (Å²) in [5, 5.41) is 10.0. The topological polar surface area (TPSA) is 82.1 Å². The van der Waals surface area contributed by atoms with Gasteiger partial charge in [-0.2, -0.15) is 8.42 Å². The standard InChI is InChI=1S/C14H20O6S/c1-9-4-6-11(7-5-9)21(16,17)20-14-10(2)19-13(18-3)8-12(14)15/h4-7,10,12-15H,8H2,1-3H3/t10-,12-,13+,14-/m1/s1. The Bertz CT molecular complexity index is 556. The Morgan fingerprint density at radius 3 is 2.43 bits per heavy atom. The van der Waals surface area contributed by atoms with Gasteiger partial charge in [0.1, 0.15) is 6.10 Å². The molecule has 1 aromatic rings. The smallest absolute Gasteiger partial charge is 0.297 e. The van der Waals surface area contributed by atoms with E-state index in [0.29, 0.717) is 0 Å². The highest BCUT2D eigenvalue weighted by molar-refractivity contribution is 7.86. The summed E-state index contributed by atoms with van der Waals surface area (Å²) in [6.07, 6.45) is -2.92. The highest BCUT2D eigenvalue weighted by Gasteiger charge is 2.39. The molecule has 1 fully saturated rings. The van der Waals surface area contributed by atoms with Crippen molar-refractivity contribution in [3.63, 3.8) is 0 Å². The summed E-state index contributed by atoms with van der Waals surface area (Å²) in [5.41, 5.74) is 0.950. The Kier molecular flexibility index (Phi) is 5.00. The van der Waals surface area contributed by atoms with E-state index in [0.717, 1.165) is 5.56 Å². The summed E-state index contributed by atoms with van der Waals surface area (Å²) in [4.78, 5) is 0.0568. The molecule has 0 unspecified atom stereocenters. The predicted molar refractivity (Wildman–Crippen MR) is 75.2 cm³/mol. The van der Waals surface area contributed by atoms with Crippen LogP contribution in [-0.2, 0) is 23.8 Å². The lowest BCUT2D eigenvalue weighted by Crippen LogP contribution is -2.49. The molecule has 0 saturated carbocycles. The number of benzene rings is 1. The van der Waals surface area contributed by atoms with Crippen LogP contribution in [0.1, 0.15) is 18.9 Å². The van der Waals surface area contributed by atoms with E-state index < -0.39 is 34.7 Å². The summed E-state index contributed by atoms with van der Waals surface area (Å²) >= 11 is 0. The lowest BCUT2D eigenvalue weighted by Gasteiger charge is -2.36. The number of rotatable bonds is 4. The Hall–Kier alpha value is -0.990. The molecule has 0 aromatic heterocycles. The highest BCUT2D eigenvalue weighted by atomic mass is 32.2. The minimum atomic E-state index is -3.95. The van der Waals surface area contributed by atoms with E-state index in [9.17, 15) is 13.5 Å². The second kappa shape index (κ2) is 6.41. The monoisotopic (exact) mass is 316 g/mol. The van der Waals surface area contributed by atoms with Gasteiger partial charge in [-0.25, -0.2) is 0 Å². The number of hydrogen-bond donors (Lipinski definition) is 1. The zero-order valence-corrected chi connectivity index (χ0v) is 13.0. The SMILES string of the molecule is CO[C@@H]1C[C@@H](O)[C@H](OS(=O)(=O)c2ccc(C)cc2)[C@@H](C)O1. The lowest BCUT2D eigenvalue weighted by molar-refractivity contribution is -0.231. The molecule has 118 valence electrons. The first-order chi connectivity index (χ1) is 9.83. The normalized spacial score (nSPS) is 30.3. The van der Waals surface area contributed by atoms with E-state index in [-0.39, 0.29) is 11.3 Å². The van der Waals surface area contributed by atoms with Crippen molar-refractivity contribution in [1.29, 1.82) is 0 Å². The van der Waals surface area contributed by atoms with Crippen LogP contribution in [0.2, 0.25) is 0 Å². The fraction of sp³-hybridized carbons (Fsp3) is 0.571. The van der Waals surface area contributed by atoms with Crippen molar-refractivity contribution < 1.29 is 27.2 Å². The molecule has 1 aliphatic rings. The Labute approximate surface area is 124 Å². The zero-order chi connectivity index (χ0) is 15.6. The van der Waals surface area contributed by atoms with Gasteiger partial charge >= 0.3 is 0 Å². The molecule has 21 heavy (non-hydrogen) atoms. The maximum atomic E-state index is 12.2. The van der Waals surface area contributed by atoms with Gasteiger partial charge in [-0.15, -0.1) is 0 Å². The van der Waals surface area contributed by atoms with E-state index in [1.165, 1.54) is 19.2 Å². The van der Waals surface area contributed by atoms with Gasteiger partial charge in [-0.1, -0.05) is 17.7 Å². The van der Waals surface area contributed by atoms with Crippen molar-refractivity contribution in [3.05, 3.63) is 29.8 Å². The molecule has 7 heteroatoms. The Balaban J connectivity index is 2.14. The van der Waals surface area contributed by atoms with Crippen LogP contribution in [-0.4, -0.2) is 45.2 Å². The average molecular weight is 316 g/mol. The number of aliphatic hydroxyl groups excluding tert-OH is 1. The zero-order valence-electron chi connectivity index (χ0n) is 12.2. The molecule has 4 atom stereocenters. The summed E-state index contributed by atoms with van der Waals surface area (Å²) in [7, 11) is -2.48. The van der Waals surface area contributed by atoms with Gasteiger partial charge in [-0.05, 0) is 26.0 Å². The molecule has 1 N–H and O–H groups in total. The molecule has 0 amide bonds. The Morgan fingerprint density at radius 1 is 1.29 bits per heavy atom. The first-order valence-electron chi connectivity index (χ1n) is 6.70. The molecule has 6 nitrogen and oxygen atoms in total. The summed E-state index contributed by atoms with van der Waals surface area (Å²) in [6, 6.07) is 6.33. The molecular formula is C14H20O6S. The highest BCUT2D eigenvalue weighted by Crippen LogP contribution is 2.26. The maximum absolute atomic E-state index is 12.2. The van der Waals surface area contributed by atoms with Gasteiger partial charge in [0.15, 0.2) is 6.29 Å². The molecule has 0 spiro atoms. The minimum absolute atomic E-state index is 0.0568. The van der Waals surface area contributed by atoms with Gasteiger partial charge in [0, 0.05) is 13.5 Å². The van der Waals surface area contributed by atoms with Crippen LogP contribution >= 0.6 is 0 Å². The fourth-order valence-electron chi connectivity index (χ4n) is 2.22. The van der Waals surface area contributed by atoms with Crippen LogP contribution in [0.4, 0.5) is 0 Å². The number of aryl methyl sites for hydroxylation is 1. The van der Waals surface area contributed by atoms with E-state index in [1.807, 2.05) is 6.92 Å². The number of aliphatic hydroxyl groups is 1. The van der Waals surface area contributed by atoms with Crippen LogP contribution < -0.4 is 0 Å². The van der Waals surface area contributed by atoms with Gasteiger partial charge in [-0.3, -0.25) is 4.18 Å². The van der Waals surface area contributed by atoms with Gasteiger partial charge in [0.05, 0.1) is 17.1 Å². The van der Waals surface area contributed by atoms with E-state index in [1.54, 1.807) is 19.1 Å². The van der Waals surface area contributed by atoms with Crippen molar-refractivity contribution in [2.45, 2.75) is 49.8 Å². The first kappa shape index (κ1) is 16.4. The maximum Gasteiger partial charge on any atom is 0.297 e. The van der Waals surface area contributed by atoms with Crippen LogP contribution in [0.25, 0.3) is 0 Å². The molecule has 0 aliphatic carbocycles. The number of hydrogen-bond acceptors (Lipinski definition) is 6. The van der Waals surface area contributed by atoms with E-state index in [2.05, 4.69) is 0 Å². The van der Waals surface area contributed by atoms with E-state index in [4.69, 9.17) is 13.7 Å². The largest absolute Gasteiger partial charge is 0.390 e. The fourth-order valence-corrected chi connectivity index (χ4v) is 3.38. The van der Waals surface area contributed by atoms with Crippen molar-refractivity contribution in [2.24, 2.45) is 0 Å². The van der Waals surface area contributed by atoms with Crippen LogP contribution in [0, 0.1) is 6.92 Å². The van der Waals surface area contributed by atoms with Crippen molar-refractivity contribution in [3.8, 4) is 0 Å². The average Bonchev–Trinajstić information content (AvgIpc) is 2.43. The first-order valence-corrected chi connectivity index (χ1v) is 8.10. The molecular weight excluding hydrogens is 296 g/mol. The molecule has 1 aliphatic heterocycles. The Morgan fingerprint density at radius 2 is 1.90 bits per heavy atom. The third-order valence-electron chi connectivity index (χ3n) is 3.45. The molecule has 0 bridgehead atoms. The van der Waals surface area contributed by atoms with Crippen LogP contribution in [0.15, 0.2) is 29.2 Å². The third-order valence-corrected chi connectivity index (χ3v) is 4.78. The number of methoxy groups -OCH3 is 1.